The lowest BCUT2D eigenvalue weighted by Crippen LogP contribution is -2.22. The normalized spacial score (nSPS) is 11.2. The third kappa shape index (κ3) is 5.09. The Bertz CT molecular complexity index is 1470. The highest BCUT2D eigenvalue weighted by Crippen LogP contribution is 2.29. The van der Waals surface area contributed by atoms with Crippen LogP contribution in [0.4, 0.5) is 11.4 Å². The van der Waals surface area contributed by atoms with Crippen LogP contribution in [0.2, 0.25) is 0 Å². The number of methoxy groups -OCH3 is 3. The maximum Gasteiger partial charge on any atom is 0.261 e. The van der Waals surface area contributed by atoms with Crippen LogP contribution in [0.1, 0.15) is 20.7 Å². The molecule has 35 heavy (non-hydrogen) atoms. The molecule has 178 valence electrons. The molecule has 0 saturated heterocycles. The number of anilines is 1. The molecule has 0 saturated carbocycles. The fourth-order valence-electron chi connectivity index (χ4n) is 3.35. The molecule has 9 heteroatoms. The summed E-state index contributed by atoms with van der Waals surface area (Å²) in [6.07, 6.45) is 0. The smallest absolute Gasteiger partial charge is 0.261 e. The van der Waals surface area contributed by atoms with Crippen molar-refractivity contribution in [2.75, 3.05) is 26.6 Å². The minimum absolute atomic E-state index is 0.00806. The van der Waals surface area contributed by atoms with Gasteiger partial charge >= 0.3 is 0 Å². The number of hydrogen-bond donors (Lipinski definition) is 1. The molecule has 0 bridgehead atoms. The number of carboxylic acids is 1. The zero-order valence-electron chi connectivity index (χ0n) is 19.2. The third-order valence-electron chi connectivity index (χ3n) is 5.19. The number of fused-ring (bicyclic) bond motifs is 1. The third-order valence-corrected chi connectivity index (χ3v) is 5.19. The van der Waals surface area contributed by atoms with Gasteiger partial charge in [0.2, 0.25) is 5.55 Å². The summed E-state index contributed by atoms with van der Waals surface area (Å²) in [4.78, 5) is 28.8. The summed E-state index contributed by atoms with van der Waals surface area (Å²) in [5.74, 6) is -0.222. The molecule has 9 nitrogen and oxygen atoms in total. The van der Waals surface area contributed by atoms with Crippen molar-refractivity contribution in [1.82, 2.24) is 0 Å². The predicted molar refractivity (Wildman–Crippen MR) is 126 cm³/mol. The number of aromatic carboxylic acids is 1. The number of carboxylic acid groups (broad SMARTS) is 1. The average molecular weight is 473 g/mol. The standard InChI is InChI=1S/C26H22N2O7/c1-32-18-9-6-16-12-20(24(29)28-21-11-10-19(33-2)14-23(21)34-3)25(35-22(16)13-18)27-17-7-4-15(5-8-17)26(30)31/h4-14H,1-3H3,(H,28,29)(H,30,31)/p-1. The van der Waals surface area contributed by atoms with Gasteiger partial charge in [-0.15, -0.1) is 0 Å². The molecule has 0 aliphatic heterocycles. The van der Waals surface area contributed by atoms with Crippen molar-refractivity contribution in [2.24, 2.45) is 4.99 Å². The second-order valence-corrected chi connectivity index (χ2v) is 7.34. The first-order valence-electron chi connectivity index (χ1n) is 10.4. The maximum atomic E-state index is 13.3. The highest BCUT2D eigenvalue weighted by atomic mass is 16.5. The van der Waals surface area contributed by atoms with E-state index < -0.39 is 11.9 Å². The lowest BCUT2D eigenvalue weighted by atomic mass is 10.1. The first-order valence-corrected chi connectivity index (χ1v) is 10.4. The van der Waals surface area contributed by atoms with Gasteiger partial charge in [-0.3, -0.25) is 4.79 Å². The molecular formula is C26H21N2O7-. The molecule has 4 aromatic rings. The van der Waals surface area contributed by atoms with Crippen LogP contribution < -0.4 is 30.2 Å². The van der Waals surface area contributed by atoms with Gasteiger partial charge in [-0.05, 0) is 48.0 Å². The number of hydrogen-bond acceptors (Lipinski definition) is 8. The average Bonchev–Trinajstić information content (AvgIpc) is 2.88. The number of nitrogens with zero attached hydrogens (tertiary/aromatic N) is 1. The van der Waals surface area contributed by atoms with Gasteiger partial charge in [0.1, 0.15) is 28.4 Å². The lowest BCUT2D eigenvalue weighted by molar-refractivity contribution is -0.255. The molecule has 1 heterocycles. The quantitative estimate of drug-likeness (QED) is 0.437. The Balaban J connectivity index is 1.82. The Hall–Kier alpha value is -4.79. The summed E-state index contributed by atoms with van der Waals surface area (Å²) in [5, 5.41) is 14.5. The van der Waals surface area contributed by atoms with Crippen LogP contribution in [-0.4, -0.2) is 33.2 Å². The van der Waals surface area contributed by atoms with Crippen molar-refractivity contribution in [2.45, 2.75) is 0 Å². The van der Waals surface area contributed by atoms with Gasteiger partial charge in [0.25, 0.3) is 5.91 Å². The lowest BCUT2D eigenvalue weighted by Gasteiger charge is -2.12. The molecule has 0 atom stereocenters. The molecule has 0 spiro atoms. The first kappa shape index (κ1) is 23.4. The second kappa shape index (κ2) is 10.0. The molecule has 1 N–H and O–H groups in total. The molecular weight excluding hydrogens is 452 g/mol. The number of benzene rings is 3. The van der Waals surface area contributed by atoms with Crippen molar-refractivity contribution in [3.8, 4) is 17.2 Å². The van der Waals surface area contributed by atoms with E-state index in [4.69, 9.17) is 18.6 Å². The van der Waals surface area contributed by atoms with Crippen LogP contribution in [0, 0.1) is 0 Å². The molecule has 0 aliphatic carbocycles. The fourth-order valence-corrected chi connectivity index (χ4v) is 3.35. The van der Waals surface area contributed by atoms with E-state index in [1.165, 1.54) is 45.6 Å². The molecule has 0 unspecified atom stereocenters. The van der Waals surface area contributed by atoms with Crippen LogP contribution in [0.3, 0.4) is 0 Å². The SMILES string of the molecule is COc1ccc(NC(=O)c2cc3ccc(OC)cc3oc2=Nc2ccc(C(=O)[O-])cc2)c(OC)c1. The van der Waals surface area contributed by atoms with Crippen molar-refractivity contribution < 1.29 is 33.3 Å². The minimum atomic E-state index is -1.30. The van der Waals surface area contributed by atoms with Gasteiger partial charge in [-0.25, -0.2) is 4.99 Å². The number of rotatable bonds is 7. The minimum Gasteiger partial charge on any atom is -0.545 e. The van der Waals surface area contributed by atoms with Crippen LogP contribution in [0.15, 0.2) is 76.1 Å². The molecule has 4 rings (SSSR count). The number of carbonyl (C=O) groups is 2. The Morgan fingerprint density at radius 1 is 0.857 bits per heavy atom. The molecule has 0 radical (unpaired) electrons. The highest BCUT2D eigenvalue weighted by molar-refractivity contribution is 6.06. The number of ether oxygens (including phenoxy) is 3. The number of nitrogens with one attached hydrogen (secondary N) is 1. The van der Waals surface area contributed by atoms with Crippen molar-refractivity contribution in [1.29, 1.82) is 0 Å². The molecule has 1 aromatic heterocycles. The summed E-state index contributed by atoms with van der Waals surface area (Å²) >= 11 is 0. The monoisotopic (exact) mass is 473 g/mol. The van der Waals surface area contributed by atoms with Gasteiger partial charge in [0.05, 0.1) is 38.7 Å². The summed E-state index contributed by atoms with van der Waals surface area (Å²) in [6.45, 7) is 0. The van der Waals surface area contributed by atoms with Crippen LogP contribution in [0.25, 0.3) is 11.0 Å². The zero-order valence-corrected chi connectivity index (χ0v) is 19.2. The highest BCUT2D eigenvalue weighted by Gasteiger charge is 2.16. The van der Waals surface area contributed by atoms with E-state index in [2.05, 4.69) is 10.3 Å². The zero-order chi connectivity index (χ0) is 24.9. The fraction of sp³-hybridized carbons (Fsp3) is 0.115. The van der Waals surface area contributed by atoms with Gasteiger partial charge in [-0.1, -0.05) is 12.1 Å². The Kier molecular flexibility index (Phi) is 6.68. The van der Waals surface area contributed by atoms with E-state index in [9.17, 15) is 14.7 Å². The molecule has 0 fully saturated rings. The Morgan fingerprint density at radius 2 is 1.54 bits per heavy atom. The number of amides is 1. The van der Waals surface area contributed by atoms with Gasteiger partial charge in [-0.2, -0.15) is 0 Å². The van der Waals surface area contributed by atoms with Gasteiger partial charge in [0.15, 0.2) is 0 Å². The van der Waals surface area contributed by atoms with E-state index in [0.717, 1.165) is 0 Å². The van der Waals surface area contributed by atoms with Crippen LogP contribution >= 0.6 is 0 Å². The van der Waals surface area contributed by atoms with E-state index in [1.54, 1.807) is 42.5 Å². The van der Waals surface area contributed by atoms with Gasteiger partial charge < -0.3 is 33.8 Å². The van der Waals surface area contributed by atoms with E-state index in [1.807, 2.05) is 0 Å². The van der Waals surface area contributed by atoms with Crippen LogP contribution in [0.5, 0.6) is 17.2 Å². The molecule has 0 aliphatic rings. The van der Waals surface area contributed by atoms with Gasteiger partial charge in [0, 0.05) is 17.5 Å². The topological polar surface area (TPSA) is 122 Å². The number of carbonyl (C=O) groups excluding carboxylic acids is 2. The van der Waals surface area contributed by atoms with Crippen molar-refractivity contribution in [3.63, 3.8) is 0 Å². The van der Waals surface area contributed by atoms with Crippen molar-refractivity contribution in [3.05, 3.63) is 83.4 Å². The van der Waals surface area contributed by atoms with E-state index >= 15 is 0 Å². The second-order valence-electron chi connectivity index (χ2n) is 7.34. The molecule has 3 aromatic carbocycles. The maximum absolute atomic E-state index is 13.3. The Labute approximate surface area is 200 Å². The Morgan fingerprint density at radius 3 is 2.20 bits per heavy atom. The van der Waals surface area contributed by atoms with Crippen molar-refractivity contribution >= 4 is 34.2 Å². The first-order chi connectivity index (χ1) is 16.9. The van der Waals surface area contributed by atoms with E-state index in [-0.39, 0.29) is 16.7 Å². The summed E-state index contributed by atoms with van der Waals surface area (Å²) < 4.78 is 21.8. The largest absolute Gasteiger partial charge is 0.545 e. The predicted octanol–water partition coefficient (Wildman–Crippen LogP) is 3.31. The summed E-state index contributed by atoms with van der Waals surface area (Å²) in [7, 11) is 4.56. The van der Waals surface area contributed by atoms with E-state index in [0.29, 0.717) is 39.6 Å². The van der Waals surface area contributed by atoms with Crippen LogP contribution in [-0.2, 0) is 0 Å². The summed E-state index contributed by atoms with van der Waals surface area (Å²) in [5.41, 5.74) is 1.46. The summed E-state index contributed by atoms with van der Waals surface area (Å²) in [6, 6.07) is 17.6. The molecule has 1 amide bonds.